The molecule has 0 saturated heterocycles. The topological polar surface area (TPSA) is 117 Å². The first-order valence-electron chi connectivity index (χ1n) is 22.9. The van der Waals surface area contributed by atoms with Crippen molar-refractivity contribution >= 4 is 23.0 Å². The zero-order chi connectivity index (χ0) is 41.6. The van der Waals surface area contributed by atoms with Crippen LogP contribution in [0.15, 0.2) is 40.7 Å². The lowest BCUT2D eigenvalue weighted by atomic mass is 9.47. The molecule has 9 atom stereocenters. The first kappa shape index (κ1) is 40.4. The van der Waals surface area contributed by atoms with Gasteiger partial charge in [0.15, 0.2) is 5.60 Å². The summed E-state index contributed by atoms with van der Waals surface area (Å²) in [5.41, 5.74) is 4.38. The van der Waals surface area contributed by atoms with E-state index in [0.717, 1.165) is 71.8 Å². The average Bonchev–Trinajstić information content (AvgIpc) is 3.76. The molecule has 0 unspecified atom stereocenters. The largest absolute Gasteiger partial charge is 0.514 e. The number of benzene rings is 1. The van der Waals surface area contributed by atoms with Gasteiger partial charge < -0.3 is 23.9 Å². The standard InChI is InChI=1S/C50H64N2O7/c1-8-33-35-24-31(14-18-42(35)51-44-36(33)26-52-43(44)25-41-37(45(52)53)27-57-46(54)50(41,56)9-2)58-47(55)59-32-19-21-48(6)30(23-32)13-15-34-39-17-16-38(29(5)12-10-11-28(3)4)49(39,7)22-20-40(34)48/h13-14,18,24-25,28-29,32,34,38-40,56H,8-12,15-17,19-23,26-27H2,1-7H3/t29-,32+,34+,38-,39+,40+,48+,49-,50+/m1/s1. The van der Waals surface area contributed by atoms with E-state index in [1.54, 1.807) is 23.6 Å². The van der Waals surface area contributed by atoms with E-state index in [9.17, 15) is 19.5 Å². The van der Waals surface area contributed by atoms with Crippen molar-refractivity contribution in [3.63, 3.8) is 0 Å². The van der Waals surface area contributed by atoms with E-state index >= 15 is 0 Å². The highest BCUT2D eigenvalue weighted by atomic mass is 16.7. The number of hydrogen-bond donors (Lipinski definition) is 1. The number of carbonyl (C=O) groups excluding carboxylic acids is 2. The minimum absolute atomic E-state index is 0.0861. The van der Waals surface area contributed by atoms with Gasteiger partial charge in [-0.2, -0.15) is 0 Å². The lowest BCUT2D eigenvalue weighted by Gasteiger charge is -2.58. The number of hydrogen-bond acceptors (Lipinski definition) is 8. The normalized spacial score (nSPS) is 32.3. The summed E-state index contributed by atoms with van der Waals surface area (Å²) in [7, 11) is 0. The Morgan fingerprint density at radius 3 is 2.59 bits per heavy atom. The van der Waals surface area contributed by atoms with Crippen LogP contribution in [-0.2, 0) is 39.4 Å². The van der Waals surface area contributed by atoms with Gasteiger partial charge in [-0.25, -0.2) is 14.6 Å². The Morgan fingerprint density at radius 1 is 1.02 bits per heavy atom. The number of allylic oxidation sites excluding steroid dienone is 1. The van der Waals surface area contributed by atoms with Crippen molar-refractivity contribution < 1.29 is 28.9 Å². The Labute approximate surface area is 349 Å². The molecule has 316 valence electrons. The summed E-state index contributed by atoms with van der Waals surface area (Å²) in [6.45, 7) is 16.3. The molecular formula is C50H64N2O7. The number of nitrogens with zero attached hydrogens (tertiary/aromatic N) is 2. The van der Waals surface area contributed by atoms with E-state index in [4.69, 9.17) is 19.2 Å². The molecule has 0 spiro atoms. The van der Waals surface area contributed by atoms with Crippen molar-refractivity contribution in [2.45, 2.75) is 157 Å². The van der Waals surface area contributed by atoms with E-state index in [0.29, 0.717) is 58.1 Å². The fraction of sp³-hybridized carbons (Fsp3) is 0.640. The molecule has 9 nitrogen and oxygen atoms in total. The van der Waals surface area contributed by atoms with E-state index in [2.05, 4.69) is 47.6 Å². The molecule has 1 N–H and O–H groups in total. The highest BCUT2D eigenvalue weighted by Gasteiger charge is 2.59. The van der Waals surface area contributed by atoms with E-state index in [-0.39, 0.29) is 30.1 Å². The number of carbonyl (C=O) groups is 2. The van der Waals surface area contributed by atoms with Crippen molar-refractivity contribution in [3.05, 3.63) is 68.5 Å². The summed E-state index contributed by atoms with van der Waals surface area (Å²) in [6, 6.07) is 7.16. The van der Waals surface area contributed by atoms with Gasteiger partial charge >= 0.3 is 12.1 Å². The van der Waals surface area contributed by atoms with Crippen LogP contribution >= 0.6 is 0 Å². The van der Waals surface area contributed by atoms with Crippen LogP contribution in [0.1, 0.15) is 148 Å². The number of aromatic nitrogens is 2. The second-order valence-corrected chi connectivity index (χ2v) is 20.2. The first-order valence-corrected chi connectivity index (χ1v) is 22.9. The molecule has 6 aliphatic rings. The van der Waals surface area contributed by atoms with Crippen LogP contribution in [0, 0.1) is 46.3 Å². The molecule has 3 fully saturated rings. The van der Waals surface area contributed by atoms with E-state index < -0.39 is 17.7 Å². The molecule has 4 aliphatic carbocycles. The predicted molar refractivity (Wildman–Crippen MR) is 228 cm³/mol. The van der Waals surface area contributed by atoms with Crippen LogP contribution in [0.4, 0.5) is 4.79 Å². The third kappa shape index (κ3) is 6.41. The summed E-state index contributed by atoms with van der Waals surface area (Å²) in [4.78, 5) is 44.8. The molecule has 0 bridgehead atoms. The zero-order valence-corrected chi connectivity index (χ0v) is 36.3. The number of fused-ring (bicyclic) bond motifs is 10. The number of ether oxygens (including phenoxy) is 3. The van der Waals surface area contributed by atoms with Gasteiger partial charge in [0.2, 0.25) is 0 Å². The van der Waals surface area contributed by atoms with Gasteiger partial charge in [0.25, 0.3) is 5.56 Å². The van der Waals surface area contributed by atoms with Gasteiger partial charge in [0.1, 0.15) is 18.5 Å². The second-order valence-electron chi connectivity index (χ2n) is 20.2. The molecule has 3 aromatic rings. The number of cyclic esters (lactones) is 1. The summed E-state index contributed by atoms with van der Waals surface area (Å²) >= 11 is 0. The van der Waals surface area contributed by atoms with Gasteiger partial charge in [0.05, 0.1) is 29.0 Å². The van der Waals surface area contributed by atoms with Gasteiger partial charge in [-0.1, -0.05) is 79.4 Å². The second kappa shape index (κ2) is 14.9. The van der Waals surface area contributed by atoms with Crippen molar-refractivity contribution in [1.29, 1.82) is 0 Å². The predicted octanol–water partition coefficient (Wildman–Crippen LogP) is 10.6. The average molecular weight is 805 g/mol. The fourth-order valence-electron chi connectivity index (χ4n) is 13.6. The maximum atomic E-state index is 13.8. The van der Waals surface area contributed by atoms with Crippen LogP contribution in [0.25, 0.3) is 22.3 Å². The molecule has 3 saturated carbocycles. The lowest BCUT2D eigenvalue weighted by Crippen LogP contribution is -2.51. The molecule has 0 amide bonds. The quantitative estimate of drug-likeness (QED) is 0.101. The van der Waals surface area contributed by atoms with Crippen molar-refractivity contribution in [1.82, 2.24) is 9.55 Å². The summed E-state index contributed by atoms with van der Waals surface area (Å²) < 4.78 is 18.8. The smallest absolute Gasteiger partial charge is 0.458 e. The Hall–Kier alpha value is -3.98. The van der Waals surface area contributed by atoms with Crippen LogP contribution in [-0.4, -0.2) is 32.9 Å². The summed E-state index contributed by atoms with van der Waals surface area (Å²) in [5, 5.41) is 12.1. The molecular weight excluding hydrogens is 741 g/mol. The molecule has 1 aromatic carbocycles. The van der Waals surface area contributed by atoms with Crippen LogP contribution in [0.2, 0.25) is 0 Å². The number of pyridine rings is 2. The molecule has 4 heterocycles. The zero-order valence-electron chi connectivity index (χ0n) is 36.3. The Kier molecular flexibility index (Phi) is 10.2. The maximum absolute atomic E-state index is 13.8. The Morgan fingerprint density at radius 2 is 1.83 bits per heavy atom. The third-order valence-corrected chi connectivity index (χ3v) is 16.9. The minimum atomic E-state index is -1.88. The number of esters is 1. The van der Waals surface area contributed by atoms with Crippen molar-refractivity contribution in [3.8, 4) is 17.1 Å². The molecule has 59 heavy (non-hydrogen) atoms. The van der Waals surface area contributed by atoms with Crippen LogP contribution in [0.3, 0.4) is 0 Å². The van der Waals surface area contributed by atoms with Crippen molar-refractivity contribution in [2.75, 3.05) is 0 Å². The summed E-state index contributed by atoms with van der Waals surface area (Å²) in [5.74, 6) is 4.39. The maximum Gasteiger partial charge on any atom is 0.514 e. The Bertz CT molecular complexity index is 2290. The molecule has 2 aliphatic heterocycles. The van der Waals surface area contributed by atoms with E-state index in [1.807, 2.05) is 12.1 Å². The number of rotatable bonds is 9. The minimum Gasteiger partial charge on any atom is -0.458 e. The van der Waals surface area contributed by atoms with Gasteiger partial charge in [-0.15, -0.1) is 0 Å². The van der Waals surface area contributed by atoms with Gasteiger partial charge in [-0.05, 0) is 134 Å². The lowest BCUT2D eigenvalue weighted by molar-refractivity contribution is -0.172. The highest BCUT2D eigenvalue weighted by molar-refractivity contribution is 5.90. The Balaban J connectivity index is 0.882. The van der Waals surface area contributed by atoms with Crippen LogP contribution in [0.5, 0.6) is 5.75 Å². The van der Waals surface area contributed by atoms with Gasteiger partial charge in [-0.3, -0.25) is 4.79 Å². The third-order valence-electron chi connectivity index (χ3n) is 16.9. The van der Waals surface area contributed by atoms with E-state index in [1.165, 1.54) is 50.5 Å². The highest BCUT2D eigenvalue weighted by Crippen LogP contribution is 2.67. The van der Waals surface area contributed by atoms with Gasteiger partial charge in [0, 0.05) is 22.9 Å². The molecule has 9 heteroatoms. The molecule has 9 rings (SSSR count). The number of aryl methyl sites for hydroxylation is 1. The fourth-order valence-corrected chi connectivity index (χ4v) is 13.6. The monoisotopic (exact) mass is 804 g/mol. The number of aliphatic hydroxyl groups is 1. The SMILES string of the molecule is CCc1c2c(nc3ccc(OC(=O)O[C@H]4CC[C@@]5(C)C(=CC[C@H]6[C@@H]7CC[C@H]([C@H](C)CCCC(C)C)[C@@]7(C)CC[C@@H]65)C4)cc13)-c1cc3c(c(=O)n1C2)COC(=O)[C@]3(O)CC. The molecule has 0 radical (unpaired) electrons. The first-order chi connectivity index (χ1) is 28.2. The van der Waals surface area contributed by atoms with Crippen molar-refractivity contribution in [2.24, 2.45) is 46.3 Å². The molecule has 2 aromatic heterocycles. The summed E-state index contributed by atoms with van der Waals surface area (Å²) in [6.07, 6.45) is 15.8. The van der Waals surface area contributed by atoms with Crippen LogP contribution < -0.4 is 10.3 Å².